The van der Waals surface area contributed by atoms with E-state index in [0.29, 0.717) is 17.9 Å². The van der Waals surface area contributed by atoms with E-state index < -0.39 is 5.41 Å². The molecule has 0 unspecified atom stereocenters. The van der Waals surface area contributed by atoms with Crippen LogP contribution in [0.1, 0.15) is 37.0 Å². The van der Waals surface area contributed by atoms with Crippen molar-refractivity contribution >= 4 is 29.0 Å². The lowest BCUT2D eigenvalue weighted by atomic mass is 9.79. The second-order valence-corrected chi connectivity index (χ2v) is 7.87. The molecule has 0 atom stereocenters. The number of urea groups is 1. The third kappa shape index (κ3) is 4.56. The van der Waals surface area contributed by atoms with E-state index in [0.717, 1.165) is 28.1 Å². The maximum absolute atomic E-state index is 12.6. The maximum Gasteiger partial charge on any atom is 0.323 e. The number of nitrogens with one attached hydrogen (secondary N) is 3. The molecule has 2 aromatic rings. The highest BCUT2D eigenvalue weighted by Crippen LogP contribution is 2.33. The Morgan fingerprint density at radius 3 is 2.48 bits per heavy atom. The van der Waals surface area contributed by atoms with Crippen molar-refractivity contribution < 1.29 is 14.3 Å². The average molecular weight is 394 g/mol. The molecule has 1 aliphatic rings. The predicted molar refractivity (Wildman–Crippen MR) is 115 cm³/mol. The first kappa shape index (κ1) is 20.4. The molecule has 1 aliphatic heterocycles. The normalized spacial score (nSPS) is 15.2. The highest BCUT2D eigenvalue weighted by atomic mass is 16.5. The Labute approximate surface area is 170 Å². The molecule has 3 amide bonds. The fourth-order valence-electron chi connectivity index (χ4n) is 3.43. The second kappa shape index (κ2) is 7.95. The number of nitrogens with zero attached hydrogens (tertiary/aromatic N) is 1. The molecule has 2 aromatic carbocycles. The smallest absolute Gasteiger partial charge is 0.323 e. The first-order valence-electron chi connectivity index (χ1n) is 9.40. The standard InChI is InChI=1S/C22H26N4O3/c1-13-6-8-16(14(2)10-13)23-21(28)24-17-11-15(7-9-18(17)29-5)20-22(3,4)12-19(27)25-26-20/h6-11H,12H2,1-5H3,(H,25,27)(H2,23,24,28). The molecule has 3 N–H and O–H groups in total. The van der Waals surface area contributed by atoms with E-state index in [1.54, 1.807) is 19.2 Å². The van der Waals surface area contributed by atoms with Gasteiger partial charge in [0.25, 0.3) is 0 Å². The number of amides is 3. The molecule has 0 aromatic heterocycles. The Bertz CT molecular complexity index is 996. The summed E-state index contributed by atoms with van der Waals surface area (Å²) in [4.78, 5) is 24.3. The summed E-state index contributed by atoms with van der Waals surface area (Å²) in [5.41, 5.74) is 7.03. The van der Waals surface area contributed by atoms with Crippen molar-refractivity contribution in [1.82, 2.24) is 5.43 Å². The van der Waals surface area contributed by atoms with Crippen LogP contribution >= 0.6 is 0 Å². The van der Waals surface area contributed by atoms with Crippen LogP contribution < -0.4 is 20.8 Å². The van der Waals surface area contributed by atoms with Gasteiger partial charge in [0.2, 0.25) is 5.91 Å². The van der Waals surface area contributed by atoms with E-state index in [4.69, 9.17) is 4.74 Å². The van der Waals surface area contributed by atoms with Crippen LogP contribution in [-0.2, 0) is 4.79 Å². The fourth-order valence-corrected chi connectivity index (χ4v) is 3.43. The fraction of sp³-hybridized carbons (Fsp3) is 0.318. The van der Waals surface area contributed by atoms with Crippen LogP contribution in [0.15, 0.2) is 41.5 Å². The maximum atomic E-state index is 12.6. The van der Waals surface area contributed by atoms with Crippen molar-refractivity contribution in [3.8, 4) is 5.75 Å². The van der Waals surface area contributed by atoms with Gasteiger partial charge in [-0.1, -0.05) is 31.5 Å². The van der Waals surface area contributed by atoms with Gasteiger partial charge in [-0.2, -0.15) is 5.10 Å². The van der Waals surface area contributed by atoms with Crippen molar-refractivity contribution in [1.29, 1.82) is 0 Å². The molecule has 29 heavy (non-hydrogen) atoms. The lowest BCUT2D eigenvalue weighted by Gasteiger charge is -2.30. The van der Waals surface area contributed by atoms with Crippen molar-refractivity contribution in [2.45, 2.75) is 34.1 Å². The van der Waals surface area contributed by atoms with Crippen LogP contribution in [0.5, 0.6) is 5.75 Å². The van der Waals surface area contributed by atoms with Gasteiger partial charge in [0.1, 0.15) is 5.75 Å². The van der Waals surface area contributed by atoms with Crippen molar-refractivity contribution in [3.63, 3.8) is 0 Å². The molecule has 152 valence electrons. The van der Waals surface area contributed by atoms with Gasteiger partial charge >= 0.3 is 6.03 Å². The summed E-state index contributed by atoms with van der Waals surface area (Å²) < 4.78 is 5.40. The van der Waals surface area contributed by atoms with Crippen LogP contribution in [0.4, 0.5) is 16.2 Å². The highest BCUT2D eigenvalue weighted by Gasteiger charge is 2.33. The Balaban J connectivity index is 1.86. The summed E-state index contributed by atoms with van der Waals surface area (Å²) in [6.07, 6.45) is 0.341. The van der Waals surface area contributed by atoms with E-state index in [1.807, 2.05) is 52.0 Å². The van der Waals surface area contributed by atoms with Crippen molar-refractivity contribution in [2.24, 2.45) is 10.5 Å². The Hall–Kier alpha value is -3.35. The number of rotatable bonds is 4. The number of hydrogen-bond acceptors (Lipinski definition) is 4. The molecule has 1 heterocycles. The zero-order chi connectivity index (χ0) is 21.2. The van der Waals surface area contributed by atoms with Gasteiger partial charge in [-0.3, -0.25) is 4.79 Å². The molecule has 3 rings (SSSR count). The Morgan fingerprint density at radius 2 is 1.83 bits per heavy atom. The molecule has 0 aliphatic carbocycles. The van der Waals surface area contributed by atoms with Crippen LogP contribution in [0, 0.1) is 19.3 Å². The third-order valence-corrected chi connectivity index (χ3v) is 4.89. The minimum absolute atomic E-state index is 0.113. The number of benzene rings is 2. The van der Waals surface area contributed by atoms with Gasteiger partial charge in [0.05, 0.1) is 18.5 Å². The number of aryl methyl sites for hydroxylation is 2. The monoisotopic (exact) mass is 394 g/mol. The zero-order valence-electron chi connectivity index (χ0n) is 17.3. The molecule has 0 saturated heterocycles. The first-order valence-corrected chi connectivity index (χ1v) is 9.40. The first-order chi connectivity index (χ1) is 13.7. The van der Waals surface area contributed by atoms with Gasteiger partial charge < -0.3 is 15.4 Å². The predicted octanol–water partition coefficient (Wildman–Crippen LogP) is 4.21. The summed E-state index contributed by atoms with van der Waals surface area (Å²) in [7, 11) is 1.55. The molecule has 0 saturated carbocycles. The van der Waals surface area contributed by atoms with Gasteiger partial charge in [-0.05, 0) is 43.7 Å². The molecule has 0 bridgehead atoms. The Kier molecular flexibility index (Phi) is 5.59. The van der Waals surface area contributed by atoms with Crippen LogP contribution in [0.2, 0.25) is 0 Å². The van der Waals surface area contributed by atoms with E-state index in [2.05, 4.69) is 21.2 Å². The summed E-state index contributed by atoms with van der Waals surface area (Å²) in [6, 6.07) is 10.9. The number of hydrogen-bond donors (Lipinski definition) is 3. The number of carbonyl (C=O) groups is 2. The minimum Gasteiger partial charge on any atom is -0.495 e. The van der Waals surface area contributed by atoms with E-state index in [-0.39, 0.29) is 11.9 Å². The summed E-state index contributed by atoms with van der Waals surface area (Å²) in [5.74, 6) is 0.418. The van der Waals surface area contributed by atoms with Crippen molar-refractivity contribution in [3.05, 3.63) is 53.1 Å². The summed E-state index contributed by atoms with van der Waals surface area (Å²) >= 11 is 0. The van der Waals surface area contributed by atoms with Crippen LogP contribution in [-0.4, -0.2) is 24.8 Å². The second-order valence-electron chi connectivity index (χ2n) is 7.87. The van der Waals surface area contributed by atoms with Gasteiger partial charge in [0.15, 0.2) is 0 Å². The number of carbonyl (C=O) groups excluding carboxylic acids is 2. The quantitative estimate of drug-likeness (QED) is 0.725. The van der Waals surface area contributed by atoms with Gasteiger partial charge in [0, 0.05) is 23.1 Å². The molecule has 0 fully saturated rings. The number of anilines is 2. The molecular weight excluding hydrogens is 368 g/mol. The molecular formula is C22H26N4O3. The topological polar surface area (TPSA) is 91.8 Å². The third-order valence-electron chi connectivity index (χ3n) is 4.89. The molecule has 7 heteroatoms. The summed E-state index contributed by atoms with van der Waals surface area (Å²) in [6.45, 7) is 7.89. The number of methoxy groups -OCH3 is 1. The number of hydrazone groups is 1. The van der Waals surface area contributed by atoms with Gasteiger partial charge in [-0.25, -0.2) is 10.2 Å². The van der Waals surface area contributed by atoms with Crippen LogP contribution in [0.3, 0.4) is 0 Å². The lowest BCUT2D eigenvalue weighted by Crippen LogP contribution is -2.39. The zero-order valence-corrected chi connectivity index (χ0v) is 17.3. The van der Waals surface area contributed by atoms with E-state index in [9.17, 15) is 9.59 Å². The van der Waals surface area contributed by atoms with Crippen molar-refractivity contribution in [2.75, 3.05) is 17.7 Å². The van der Waals surface area contributed by atoms with E-state index in [1.165, 1.54) is 0 Å². The average Bonchev–Trinajstić information content (AvgIpc) is 2.63. The lowest BCUT2D eigenvalue weighted by molar-refractivity contribution is -0.122. The van der Waals surface area contributed by atoms with Crippen LogP contribution in [0.25, 0.3) is 0 Å². The molecule has 0 spiro atoms. The molecule has 0 radical (unpaired) electrons. The van der Waals surface area contributed by atoms with E-state index >= 15 is 0 Å². The minimum atomic E-state index is -0.421. The number of ether oxygens (including phenoxy) is 1. The highest BCUT2D eigenvalue weighted by molar-refractivity contribution is 6.09. The largest absolute Gasteiger partial charge is 0.495 e. The summed E-state index contributed by atoms with van der Waals surface area (Å²) in [5, 5.41) is 9.96. The SMILES string of the molecule is COc1ccc(C2=NNC(=O)CC2(C)C)cc1NC(=O)Nc1ccc(C)cc1C. The molecule has 7 nitrogen and oxygen atoms in total. The Morgan fingerprint density at radius 1 is 1.10 bits per heavy atom. The van der Waals surface area contributed by atoms with Gasteiger partial charge in [-0.15, -0.1) is 0 Å².